The van der Waals surface area contributed by atoms with E-state index >= 15 is 0 Å². The van der Waals surface area contributed by atoms with Gasteiger partial charge in [-0.2, -0.15) is 0 Å². The van der Waals surface area contributed by atoms with Crippen LogP contribution in [0, 0.1) is 0 Å². The van der Waals surface area contributed by atoms with Gasteiger partial charge in [-0.3, -0.25) is 4.79 Å². The van der Waals surface area contributed by atoms with Crippen LogP contribution in [0.5, 0.6) is 0 Å². The van der Waals surface area contributed by atoms with E-state index in [4.69, 9.17) is 0 Å². The summed E-state index contributed by atoms with van der Waals surface area (Å²) < 4.78 is 2.01. The van der Waals surface area contributed by atoms with Crippen molar-refractivity contribution in [2.45, 2.75) is 39.3 Å². The number of hydrogen-bond donors (Lipinski definition) is 1. The highest BCUT2D eigenvalue weighted by atomic mass is 16.1. The van der Waals surface area contributed by atoms with Crippen LogP contribution in [0.4, 0.5) is 0 Å². The minimum absolute atomic E-state index is 0.0631. The van der Waals surface area contributed by atoms with Crippen molar-refractivity contribution in [3.05, 3.63) is 34.7 Å². The van der Waals surface area contributed by atoms with Gasteiger partial charge in [-0.05, 0) is 20.3 Å². The smallest absolute Gasteiger partial charge is 0.181 e. The average molecular weight is 208 g/mol. The molecule has 0 aliphatic rings. The Labute approximate surface area is 91.1 Å². The van der Waals surface area contributed by atoms with Crippen molar-refractivity contribution >= 4 is 0 Å². The zero-order chi connectivity index (χ0) is 11.3. The molecule has 0 bridgehead atoms. The lowest BCUT2D eigenvalue weighted by Gasteiger charge is -2.24. The Bertz CT molecular complexity index is 334. The highest BCUT2D eigenvalue weighted by Crippen LogP contribution is 2.05. The van der Waals surface area contributed by atoms with E-state index in [1.165, 1.54) is 0 Å². The first-order chi connectivity index (χ1) is 7.03. The largest absolute Gasteiger partial charge is 0.353 e. The highest BCUT2D eigenvalue weighted by Gasteiger charge is 2.12. The topological polar surface area (TPSA) is 34.0 Å². The first-order valence-electron chi connectivity index (χ1n) is 5.44. The van der Waals surface area contributed by atoms with Gasteiger partial charge in [-0.15, -0.1) is 0 Å². The van der Waals surface area contributed by atoms with Crippen LogP contribution >= 0.6 is 0 Å². The Balaban J connectivity index is 2.38. The number of nitrogens with one attached hydrogen (secondary N) is 1. The number of hydrogen-bond acceptors (Lipinski definition) is 2. The number of nitrogens with zero attached hydrogens (tertiary/aromatic N) is 1. The number of rotatable bonds is 5. The van der Waals surface area contributed by atoms with E-state index in [0.717, 1.165) is 19.5 Å². The Hall–Kier alpha value is -1.09. The van der Waals surface area contributed by atoms with Crippen molar-refractivity contribution in [1.82, 2.24) is 9.88 Å². The van der Waals surface area contributed by atoms with Crippen molar-refractivity contribution in [1.29, 1.82) is 0 Å². The molecule has 0 saturated heterocycles. The fourth-order valence-electron chi connectivity index (χ4n) is 1.24. The van der Waals surface area contributed by atoms with Gasteiger partial charge in [0.2, 0.25) is 0 Å². The fraction of sp³-hybridized carbons (Fsp3) is 0.583. The molecule has 15 heavy (non-hydrogen) atoms. The van der Waals surface area contributed by atoms with Gasteiger partial charge in [-0.25, -0.2) is 0 Å². The lowest BCUT2D eigenvalue weighted by molar-refractivity contribution is 0.367. The fourth-order valence-corrected chi connectivity index (χ4v) is 1.24. The second kappa shape index (κ2) is 5.12. The molecule has 0 amide bonds. The molecule has 0 radical (unpaired) electrons. The first kappa shape index (κ1) is 12.0. The molecule has 1 aromatic rings. The monoisotopic (exact) mass is 208 g/mol. The molecule has 1 heterocycles. The summed E-state index contributed by atoms with van der Waals surface area (Å²) in [5.41, 5.74) is 0.257. The molecule has 0 spiro atoms. The van der Waals surface area contributed by atoms with Crippen LogP contribution in [0.1, 0.15) is 27.2 Å². The maximum Gasteiger partial charge on any atom is 0.181 e. The van der Waals surface area contributed by atoms with Crippen LogP contribution in [0.3, 0.4) is 0 Å². The minimum atomic E-state index is 0.0631. The maximum atomic E-state index is 10.9. The predicted molar refractivity (Wildman–Crippen MR) is 63.1 cm³/mol. The van der Waals surface area contributed by atoms with Gasteiger partial charge in [0.25, 0.3) is 0 Å². The molecule has 84 valence electrons. The lowest BCUT2D eigenvalue weighted by Crippen LogP contribution is -2.40. The second-order valence-corrected chi connectivity index (χ2v) is 4.44. The van der Waals surface area contributed by atoms with Gasteiger partial charge in [-0.1, -0.05) is 6.92 Å². The third-order valence-corrected chi connectivity index (χ3v) is 2.72. The molecular weight excluding hydrogens is 188 g/mol. The van der Waals surface area contributed by atoms with Crippen molar-refractivity contribution in [3.8, 4) is 0 Å². The number of pyridine rings is 1. The molecule has 1 N–H and O–H groups in total. The Morgan fingerprint density at radius 1 is 1.33 bits per heavy atom. The first-order valence-corrected chi connectivity index (χ1v) is 5.44. The number of aromatic nitrogens is 1. The molecule has 3 heteroatoms. The maximum absolute atomic E-state index is 10.9. The van der Waals surface area contributed by atoms with E-state index in [2.05, 4.69) is 26.1 Å². The van der Waals surface area contributed by atoms with Crippen LogP contribution in [-0.2, 0) is 6.54 Å². The Morgan fingerprint density at radius 2 is 1.93 bits per heavy atom. The van der Waals surface area contributed by atoms with Crippen molar-refractivity contribution in [3.63, 3.8) is 0 Å². The quantitative estimate of drug-likeness (QED) is 0.798. The summed E-state index contributed by atoms with van der Waals surface area (Å²) in [6.45, 7) is 8.37. The molecular formula is C12H20N2O. The standard InChI is InChI=1S/C12H20N2O/c1-4-12(2,3)13-7-10-14-8-5-11(15)6-9-14/h5-6,8-9,13H,4,7,10H2,1-3H3. The summed E-state index contributed by atoms with van der Waals surface area (Å²) >= 11 is 0. The van der Waals surface area contributed by atoms with Gasteiger partial charge >= 0.3 is 0 Å². The summed E-state index contributed by atoms with van der Waals surface area (Å²) in [5, 5.41) is 3.47. The van der Waals surface area contributed by atoms with E-state index in [0.29, 0.717) is 0 Å². The molecule has 1 rings (SSSR count). The van der Waals surface area contributed by atoms with Crippen LogP contribution in [0.2, 0.25) is 0 Å². The zero-order valence-corrected chi connectivity index (χ0v) is 9.79. The molecule has 0 aromatic carbocycles. The van der Waals surface area contributed by atoms with Crippen LogP contribution in [0.25, 0.3) is 0 Å². The Kier molecular flexibility index (Phi) is 4.09. The van der Waals surface area contributed by atoms with Crippen molar-refractivity contribution < 1.29 is 0 Å². The van der Waals surface area contributed by atoms with Gasteiger partial charge in [0.15, 0.2) is 5.43 Å². The third-order valence-electron chi connectivity index (χ3n) is 2.72. The zero-order valence-electron chi connectivity index (χ0n) is 9.79. The van der Waals surface area contributed by atoms with E-state index in [1.54, 1.807) is 12.1 Å². The van der Waals surface area contributed by atoms with Crippen LogP contribution < -0.4 is 10.7 Å². The Morgan fingerprint density at radius 3 is 2.47 bits per heavy atom. The molecule has 0 saturated carbocycles. The molecule has 3 nitrogen and oxygen atoms in total. The summed E-state index contributed by atoms with van der Waals surface area (Å²) in [5.74, 6) is 0. The molecule has 0 unspecified atom stereocenters. The predicted octanol–water partition coefficient (Wildman–Crippen LogP) is 1.63. The summed E-state index contributed by atoms with van der Waals surface area (Å²) in [6.07, 6.45) is 4.75. The minimum Gasteiger partial charge on any atom is -0.353 e. The van der Waals surface area contributed by atoms with Crippen LogP contribution in [-0.4, -0.2) is 16.7 Å². The van der Waals surface area contributed by atoms with Gasteiger partial charge in [0.05, 0.1) is 0 Å². The summed E-state index contributed by atoms with van der Waals surface area (Å²) in [7, 11) is 0. The van der Waals surface area contributed by atoms with E-state index in [9.17, 15) is 4.79 Å². The third kappa shape index (κ3) is 4.30. The highest BCUT2D eigenvalue weighted by molar-refractivity contribution is 4.93. The van der Waals surface area contributed by atoms with E-state index in [-0.39, 0.29) is 11.0 Å². The van der Waals surface area contributed by atoms with Gasteiger partial charge in [0.1, 0.15) is 0 Å². The van der Waals surface area contributed by atoms with E-state index in [1.807, 2.05) is 17.0 Å². The SMILES string of the molecule is CCC(C)(C)NCCn1ccc(=O)cc1. The lowest BCUT2D eigenvalue weighted by atomic mass is 10.0. The molecule has 1 aromatic heterocycles. The average Bonchev–Trinajstić information content (AvgIpc) is 2.21. The van der Waals surface area contributed by atoms with Crippen molar-refractivity contribution in [2.75, 3.05) is 6.54 Å². The summed E-state index contributed by atoms with van der Waals surface area (Å²) in [4.78, 5) is 10.9. The van der Waals surface area contributed by atoms with Crippen molar-refractivity contribution in [2.24, 2.45) is 0 Å². The molecule has 0 atom stereocenters. The normalized spacial score (nSPS) is 11.7. The van der Waals surface area contributed by atoms with Crippen LogP contribution in [0.15, 0.2) is 29.3 Å². The van der Waals surface area contributed by atoms with E-state index < -0.39 is 0 Å². The second-order valence-electron chi connectivity index (χ2n) is 4.44. The molecule has 0 aliphatic heterocycles. The summed E-state index contributed by atoms with van der Waals surface area (Å²) in [6, 6.07) is 3.18. The van der Waals surface area contributed by atoms with Gasteiger partial charge < -0.3 is 9.88 Å². The molecule has 0 aliphatic carbocycles. The van der Waals surface area contributed by atoms with Gasteiger partial charge in [0, 0.05) is 43.2 Å². The molecule has 0 fully saturated rings.